The first-order valence-corrected chi connectivity index (χ1v) is 6.24. The molecule has 0 aromatic carbocycles. The zero-order valence-electron chi connectivity index (χ0n) is 17.7. The van der Waals surface area contributed by atoms with Crippen LogP contribution in [-0.2, 0) is 9.31 Å². The van der Waals surface area contributed by atoms with E-state index in [0.29, 0.717) is 0 Å². The lowest BCUT2D eigenvalue weighted by atomic mass is 9.80. The molecule has 2 aromatic heterocycles. The first kappa shape index (κ1) is 7.95. The van der Waals surface area contributed by atoms with Crippen molar-refractivity contribution < 1.29 is 17.5 Å². The molecule has 104 valence electrons. The normalized spacial score (nSPS) is 24.5. The highest BCUT2D eigenvalue weighted by atomic mass is 16.7. The summed E-state index contributed by atoms with van der Waals surface area (Å²) in [6, 6.07) is -1.13. The second-order valence-corrected chi connectivity index (χ2v) is 5.56. The molecule has 1 aliphatic rings. The highest BCUT2D eigenvalue weighted by molar-refractivity contribution is 6.62. The van der Waals surface area contributed by atoms with Crippen molar-refractivity contribution in [2.75, 3.05) is 0 Å². The Morgan fingerprint density at radius 2 is 1.90 bits per heavy atom. The summed E-state index contributed by atoms with van der Waals surface area (Å²) in [4.78, 5) is 3.97. The quantitative estimate of drug-likeness (QED) is 0.782. The van der Waals surface area contributed by atoms with Crippen LogP contribution in [-0.4, -0.2) is 33.1 Å². The summed E-state index contributed by atoms with van der Waals surface area (Å²) in [6.45, 7) is 7.35. The van der Waals surface area contributed by atoms with Gasteiger partial charge in [-0.05, 0) is 39.8 Å². The van der Waals surface area contributed by atoms with E-state index in [-0.39, 0.29) is 29.5 Å². The van der Waals surface area contributed by atoms with Crippen LogP contribution in [0.4, 0.5) is 0 Å². The van der Waals surface area contributed by atoms with E-state index < -0.39 is 36.7 Å². The monoisotopic (exact) mass is 277 g/mol. The van der Waals surface area contributed by atoms with Gasteiger partial charge in [0.2, 0.25) is 0 Å². The molecule has 0 radical (unpaired) electrons. The summed E-state index contributed by atoms with van der Waals surface area (Å²) in [5.74, 6) is -0.253. The third kappa shape index (κ3) is 2.15. The maximum Gasteiger partial charge on any atom is 0.496 e. The van der Waals surface area contributed by atoms with Gasteiger partial charge >= 0.3 is 7.12 Å². The third-order valence-corrected chi connectivity index (χ3v) is 3.65. The lowest BCUT2D eigenvalue weighted by Gasteiger charge is -2.32. The van der Waals surface area contributed by atoms with Crippen LogP contribution in [0.3, 0.4) is 0 Å². The molecule has 0 spiro atoms. The van der Waals surface area contributed by atoms with E-state index in [1.807, 2.05) is 27.7 Å². The summed E-state index contributed by atoms with van der Waals surface area (Å²) >= 11 is 0. The molecule has 0 unspecified atom stereocenters. The Morgan fingerprint density at radius 3 is 2.50 bits per heavy atom. The molecule has 2 aromatic rings. The molecule has 0 amide bonds. The lowest BCUT2D eigenvalue weighted by molar-refractivity contribution is 0.00578. The van der Waals surface area contributed by atoms with Crippen molar-refractivity contribution in [2.24, 2.45) is 0 Å². The van der Waals surface area contributed by atoms with E-state index in [1.54, 1.807) is 0 Å². The highest BCUT2D eigenvalue weighted by Gasteiger charge is 2.51. The van der Waals surface area contributed by atoms with Gasteiger partial charge in [-0.15, -0.1) is 0 Å². The minimum atomic E-state index is -1.02. The maximum atomic E-state index is 8.28. The van der Waals surface area contributed by atoms with Crippen molar-refractivity contribution >= 4 is 12.6 Å². The molecule has 6 heteroatoms. The van der Waals surface area contributed by atoms with E-state index in [2.05, 4.69) is 10.1 Å². The predicted molar refractivity (Wildman–Crippen MR) is 77.1 cm³/mol. The van der Waals surface area contributed by atoms with E-state index in [0.717, 1.165) is 4.68 Å². The van der Waals surface area contributed by atoms with Gasteiger partial charge in [0, 0.05) is 24.0 Å². The van der Waals surface area contributed by atoms with Crippen LogP contribution in [0.1, 0.15) is 35.9 Å². The fourth-order valence-electron chi connectivity index (χ4n) is 1.74. The third-order valence-electron chi connectivity index (χ3n) is 3.65. The molecule has 0 saturated carbocycles. The largest absolute Gasteiger partial charge is 0.496 e. The first-order chi connectivity index (χ1) is 11.9. The number of hydrogen-bond donors (Lipinski definition) is 0. The number of rotatable bonds is 2. The van der Waals surface area contributed by atoms with Crippen molar-refractivity contribution in [1.29, 1.82) is 0 Å². The predicted octanol–water partition coefficient (Wildman–Crippen LogP) is 1.57. The van der Waals surface area contributed by atoms with Crippen LogP contribution in [0, 0.1) is 0 Å². The van der Waals surface area contributed by atoms with Crippen LogP contribution in [0.5, 0.6) is 0 Å². The summed E-state index contributed by atoms with van der Waals surface area (Å²) < 4.78 is 60.1. The maximum absolute atomic E-state index is 8.28. The van der Waals surface area contributed by atoms with Crippen LogP contribution in [0.25, 0.3) is 5.82 Å². The number of hydrogen-bond acceptors (Lipinski definition) is 4. The Morgan fingerprint density at radius 1 is 1.20 bits per heavy atom. The number of pyridine rings is 1. The van der Waals surface area contributed by atoms with Gasteiger partial charge < -0.3 is 9.31 Å². The molecule has 0 N–H and O–H groups in total. The zero-order chi connectivity index (χ0) is 19.6. The van der Waals surface area contributed by atoms with Crippen molar-refractivity contribution in [3.05, 3.63) is 36.6 Å². The SMILES string of the molecule is [2H]c1nn(-c2nc([2H])c(B3OC(C)(C)C(C)(C)O3)c([2H])c2[2H])c([2H])c1[2H]. The molecule has 0 bridgehead atoms. The van der Waals surface area contributed by atoms with Crippen LogP contribution in [0.2, 0.25) is 0 Å². The van der Waals surface area contributed by atoms with Gasteiger partial charge in [-0.2, -0.15) is 5.10 Å². The molecular formula is C14H18BN3O2. The van der Waals surface area contributed by atoms with E-state index in [4.69, 9.17) is 17.5 Å². The van der Waals surface area contributed by atoms with Gasteiger partial charge in [-0.3, -0.25) is 0 Å². The number of nitrogens with zero attached hydrogens (tertiary/aromatic N) is 3. The summed E-state index contributed by atoms with van der Waals surface area (Å²) in [5.41, 5.74) is -1.32. The lowest BCUT2D eigenvalue weighted by Crippen LogP contribution is -2.41. The highest BCUT2D eigenvalue weighted by Crippen LogP contribution is 2.36. The second kappa shape index (κ2) is 4.43. The minimum Gasteiger partial charge on any atom is -0.399 e. The Bertz CT molecular complexity index is 886. The molecule has 5 nitrogen and oxygen atoms in total. The Hall–Kier alpha value is -1.66. The van der Waals surface area contributed by atoms with Gasteiger partial charge in [0.1, 0.15) is 0 Å². The summed E-state index contributed by atoms with van der Waals surface area (Å²) in [5, 5.41) is 3.69. The summed E-state index contributed by atoms with van der Waals surface area (Å²) in [6.07, 6.45) is -1.21. The molecule has 0 aliphatic carbocycles. The van der Waals surface area contributed by atoms with Gasteiger partial charge in [-0.1, -0.05) is 6.04 Å². The number of aromatic nitrogens is 3. The van der Waals surface area contributed by atoms with Crippen LogP contribution < -0.4 is 5.46 Å². The first-order valence-electron chi connectivity index (χ1n) is 9.24. The van der Waals surface area contributed by atoms with Crippen molar-refractivity contribution in [2.45, 2.75) is 38.9 Å². The average molecular weight is 277 g/mol. The van der Waals surface area contributed by atoms with Gasteiger partial charge in [-0.25, -0.2) is 9.67 Å². The Labute approximate surface area is 127 Å². The molecule has 3 rings (SSSR count). The molecule has 0 atom stereocenters. The van der Waals surface area contributed by atoms with Crippen LogP contribution >= 0.6 is 0 Å². The fraction of sp³-hybridized carbons (Fsp3) is 0.429. The molecule has 1 fully saturated rings. The topological polar surface area (TPSA) is 49.2 Å². The second-order valence-electron chi connectivity index (χ2n) is 5.56. The molecule has 1 aliphatic heterocycles. The average Bonchev–Trinajstić information content (AvgIpc) is 2.89. The Kier molecular flexibility index (Phi) is 1.76. The molecule has 20 heavy (non-hydrogen) atoms. The zero-order valence-corrected chi connectivity index (χ0v) is 11.7. The molecule has 3 heterocycles. The van der Waals surface area contributed by atoms with Crippen molar-refractivity contribution in [3.63, 3.8) is 0 Å². The summed E-state index contributed by atoms with van der Waals surface area (Å²) in [7, 11) is -1.02. The smallest absolute Gasteiger partial charge is 0.399 e. The van der Waals surface area contributed by atoms with Gasteiger partial charge in [0.05, 0.1) is 19.4 Å². The Balaban J connectivity index is 2.12. The molecule has 1 saturated heterocycles. The van der Waals surface area contributed by atoms with Crippen molar-refractivity contribution in [1.82, 2.24) is 14.8 Å². The van der Waals surface area contributed by atoms with E-state index >= 15 is 0 Å². The van der Waals surface area contributed by atoms with Gasteiger partial charge in [0.25, 0.3) is 0 Å². The fourth-order valence-corrected chi connectivity index (χ4v) is 1.74. The van der Waals surface area contributed by atoms with E-state index in [9.17, 15) is 0 Å². The van der Waals surface area contributed by atoms with Gasteiger partial charge in [0.15, 0.2) is 5.82 Å². The standard InChI is InChI=1S/C14H18BN3O2/c1-13(2)14(3,4)20-15(19-13)11-6-7-12(16-10-11)18-9-5-8-17-18/h5-10H,1-4H3/i5D,6D,7D,8D,9D,10D. The van der Waals surface area contributed by atoms with Crippen molar-refractivity contribution in [3.8, 4) is 5.82 Å². The van der Waals surface area contributed by atoms with Crippen LogP contribution in [0.15, 0.2) is 36.6 Å². The molecular weight excluding hydrogens is 253 g/mol. The van der Waals surface area contributed by atoms with E-state index in [1.165, 1.54) is 0 Å². The minimum absolute atomic E-state index is 0.0216.